The lowest BCUT2D eigenvalue weighted by atomic mass is 9.86. The number of nitriles is 1. The highest BCUT2D eigenvalue weighted by Gasteiger charge is 2.34. The smallest absolute Gasteiger partial charge is 0.160 e. The van der Waals surface area contributed by atoms with Crippen molar-refractivity contribution in [1.29, 1.82) is 5.26 Å². The molecule has 0 bridgehead atoms. The number of hydrogen-bond acceptors (Lipinski definition) is 2. The molecule has 1 unspecified atom stereocenters. The van der Waals surface area contributed by atoms with Gasteiger partial charge in [-0.25, -0.2) is 0 Å². The van der Waals surface area contributed by atoms with Gasteiger partial charge in [0.05, 0.1) is 6.07 Å². The third-order valence-electron chi connectivity index (χ3n) is 2.38. The van der Waals surface area contributed by atoms with Gasteiger partial charge in [-0.2, -0.15) is 5.26 Å². The molecule has 3 heteroatoms. The van der Waals surface area contributed by atoms with Gasteiger partial charge in [-0.3, -0.25) is 0 Å². The number of alkyl halides is 1. The van der Waals surface area contributed by atoms with E-state index in [9.17, 15) is 5.11 Å². The number of halogens is 1. The summed E-state index contributed by atoms with van der Waals surface area (Å²) in [5.74, 6) is 0.201. The predicted octanol–water partition coefficient (Wildman–Crippen LogP) is 2.95. The first-order valence-electron chi connectivity index (χ1n) is 4.26. The normalized spacial score (nSPS) is 24.7. The molecule has 0 aliphatic heterocycles. The Labute approximate surface area is 87.1 Å². The zero-order valence-corrected chi connectivity index (χ0v) is 8.12. The van der Waals surface area contributed by atoms with E-state index in [0.29, 0.717) is 17.5 Å². The lowest BCUT2D eigenvalue weighted by molar-refractivity contribution is 0.500. The number of hydrogen-bond donors (Lipinski definition) is 1. The standard InChI is InChI=1S/C11H8ClNO/c12-11(7-13)6-5-10(14)8-3-1-2-4-9(8)11/h1-5,14H,6H2. The van der Waals surface area contributed by atoms with Crippen LogP contribution >= 0.6 is 11.6 Å². The van der Waals surface area contributed by atoms with Crippen LogP contribution in [0, 0.1) is 11.3 Å². The van der Waals surface area contributed by atoms with Crippen LogP contribution in [0.15, 0.2) is 30.3 Å². The van der Waals surface area contributed by atoms with Crippen molar-refractivity contribution in [3.05, 3.63) is 41.5 Å². The Morgan fingerprint density at radius 2 is 2.14 bits per heavy atom. The molecule has 70 valence electrons. The summed E-state index contributed by atoms with van der Waals surface area (Å²) in [6.45, 7) is 0. The molecule has 0 amide bonds. The van der Waals surface area contributed by atoms with E-state index >= 15 is 0 Å². The second kappa shape index (κ2) is 3.04. The van der Waals surface area contributed by atoms with Gasteiger partial charge < -0.3 is 5.11 Å². The molecule has 1 aliphatic carbocycles. The Balaban J connectivity index is 2.67. The minimum atomic E-state index is -1.02. The van der Waals surface area contributed by atoms with E-state index < -0.39 is 4.87 Å². The number of benzene rings is 1. The van der Waals surface area contributed by atoms with Crippen LogP contribution in [0.2, 0.25) is 0 Å². The van der Waals surface area contributed by atoms with E-state index in [0.717, 1.165) is 0 Å². The summed E-state index contributed by atoms with van der Waals surface area (Å²) in [5, 5.41) is 18.6. The zero-order valence-electron chi connectivity index (χ0n) is 7.37. The molecule has 1 atom stereocenters. The summed E-state index contributed by atoms with van der Waals surface area (Å²) >= 11 is 6.14. The maximum absolute atomic E-state index is 9.58. The van der Waals surface area contributed by atoms with Crippen LogP contribution in [0.3, 0.4) is 0 Å². The molecule has 0 spiro atoms. The van der Waals surface area contributed by atoms with E-state index in [1.165, 1.54) is 0 Å². The number of rotatable bonds is 0. The highest BCUT2D eigenvalue weighted by atomic mass is 35.5. The number of allylic oxidation sites excluding steroid dienone is 1. The number of fused-ring (bicyclic) bond motifs is 1. The monoisotopic (exact) mass is 205 g/mol. The number of aliphatic hydroxyl groups is 1. The number of nitrogens with zero attached hydrogens (tertiary/aromatic N) is 1. The molecule has 1 aliphatic rings. The fraction of sp³-hybridized carbons (Fsp3) is 0.182. The average molecular weight is 206 g/mol. The molecule has 14 heavy (non-hydrogen) atoms. The minimum absolute atomic E-state index is 0.201. The SMILES string of the molecule is N#CC1(Cl)CC=C(O)c2ccccc21. The Kier molecular flexibility index (Phi) is 1.98. The van der Waals surface area contributed by atoms with Crippen molar-refractivity contribution in [2.24, 2.45) is 0 Å². The van der Waals surface area contributed by atoms with Crippen molar-refractivity contribution in [2.75, 3.05) is 0 Å². The molecule has 1 aromatic rings. The first kappa shape index (κ1) is 9.11. The molecule has 0 saturated heterocycles. The van der Waals surface area contributed by atoms with Gasteiger partial charge in [0.1, 0.15) is 5.76 Å². The Hall–Kier alpha value is -1.46. The van der Waals surface area contributed by atoms with Crippen LogP contribution in [0.25, 0.3) is 5.76 Å². The highest BCUT2D eigenvalue weighted by molar-refractivity contribution is 6.26. The van der Waals surface area contributed by atoms with Crippen LogP contribution in [0.5, 0.6) is 0 Å². The summed E-state index contributed by atoms with van der Waals surface area (Å²) in [6, 6.07) is 9.22. The van der Waals surface area contributed by atoms with Gasteiger partial charge in [-0.05, 0) is 11.6 Å². The third kappa shape index (κ3) is 1.18. The lowest BCUT2D eigenvalue weighted by Gasteiger charge is -2.24. The van der Waals surface area contributed by atoms with Crippen molar-refractivity contribution in [1.82, 2.24) is 0 Å². The maximum Gasteiger partial charge on any atom is 0.160 e. The van der Waals surface area contributed by atoms with Gasteiger partial charge in [0.25, 0.3) is 0 Å². The molecule has 2 rings (SSSR count). The van der Waals surface area contributed by atoms with Crippen LogP contribution in [-0.2, 0) is 4.87 Å². The largest absolute Gasteiger partial charge is 0.508 e. The Morgan fingerprint density at radius 3 is 2.86 bits per heavy atom. The van der Waals surface area contributed by atoms with Crippen LogP contribution in [0.1, 0.15) is 17.5 Å². The molecular weight excluding hydrogens is 198 g/mol. The van der Waals surface area contributed by atoms with Crippen molar-refractivity contribution in [2.45, 2.75) is 11.3 Å². The van der Waals surface area contributed by atoms with E-state index in [2.05, 4.69) is 6.07 Å². The fourth-order valence-corrected chi connectivity index (χ4v) is 1.86. The first-order valence-corrected chi connectivity index (χ1v) is 4.64. The molecule has 1 N–H and O–H groups in total. The average Bonchev–Trinajstić information content (AvgIpc) is 2.24. The first-order chi connectivity index (χ1) is 6.67. The summed E-state index contributed by atoms with van der Waals surface area (Å²) < 4.78 is 0. The van der Waals surface area contributed by atoms with E-state index in [1.807, 2.05) is 12.1 Å². The van der Waals surface area contributed by atoms with Crippen molar-refractivity contribution >= 4 is 17.4 Å². The summed E-state index contributed by atoms with van der Waals surface area (Å²) in [6.07, 6.45) is 1.92. The number of aliphatic hydroxyl groups excluding tert-OH is 1. The van der Waals surface area contributed by atoms with Crippen molar-refractivity contribution < 1.29 is 5.11 Å². The summed E-state index contributed by atoms with van der Waals surface area (Å²) in [4.78, 5) is -1.02. The minimum Gasteiger partial charge on any atom is -0.508 e. The Morgan fingerprint density at radius 1 is 1.43 bits per heavy atom. The van der Waals surface area contributed by atoms with Crippen LogP contribution < -0.4 is 0 Å². The van der Waals surface area contributed by atoms with E-state index in [1.54, 1.807) is 18.2 Å². The molecule has 0 fully saturated rings. The molecule has 2 nitrogen and oxygen atoms in total. The zero-order chi connectivity index (χ0) is 10.2. The third-order valence-corrected chi connectivity index (χ3v) is 2.83. The van der Waals surface area contributed by atoms with Crippen LogP contribution in [-0.4, -0.2) is 5.11 Å². The van der Waals surface area contributed by atoms with Gasteiger partial charge in [-0.15, -0.1) is 0 Å². The van der Waals surface area contributed by atoms with Gasteiger partial charge in [0.15, 0.2) is 4.87 Å². The van der Waals surface area contributed by atoms with Gasteiger partial charge in [0.2, 0.25) is 0 Å². The van der Waals surface area contributed by atoms with Crippen molar-refractivity contribution in [3.63, 3.8) is 0 Å². The van der Waals surface area contributed by atoms with Gasteiger partial charge in [-0.1, -0.05) is 35.9 Å². The summed E-state index contributed by atoms with van der Waals surface area (Å²) in [5.41, 5.74) is 1.33. The molecule has 0 heterocycles. The summed E-state index contributed by atoms with van der Waals surface area (Å²) in [7, 11) is 0. The van der Waals surface area contributed by atoms with E-state index in [4.69, 9.17) is 16.9 Å². The molecule has 0 radical (unpaired) electrons. The fourth-order valence-electron chi connectivity index (χ4n) is 1.62. The molecule has 0 saturated carbocycles. The second-order valence-corrected chi connectivity index (χ2v) is 3.90. The molecular formula is C11H8ClNO. The van der Waals surface area contributed by atoms with E-state index in [-0.39, 0.29) is 5.76 Å². The quantitative estimate of drug-likeness (QED) is 0.662. The van der Waals surface area contributed by atoms with Gasteiger partial charge in [0, 0.05) is 12.0 Å². The highest BCUT2D eigenvalue weighted by Crippen LogP contribution is 2.40. The van der Waals surface area contributed by atoms with Crippen molar-refractivity contribution in [3.8, 4) is 6.07 Å². The maximum atomic E-state index is 9.58. The molecule has 1 aromatic carbocycles. The lowest BCUT2D eigenvalue weighted by Crippen LogP contribution is -2.20. The second-order valence-electron chi connectivity index (χ2n) is 3.25. The molecule has 0 aromatic heterocycles. The Bertz CT molecular complexity index is 447. The van der Waals surface area contributed by atoms with Crippen LogP contribution in [0.4, 0.5) is 0 Å². The predicted molar refractivity (Wildman–Crippen MR) is 54.8 cm³/mol. The van der Waals surface area contributed by atoms with Gasteiger partial charge >= 0.3 is 0 Å². The topological polar surface area (TPSA) is 44.0 Å².